The van der Waals surface area contributed by atoms with Gasteiger partial charge in [-0.15, -0.1) is 0 Å². The Kier molecular flexibility index (Phi) is 2.83. The van der Waals surface area contributed by atoms with E-state index in [1.165, 1.54) is 44.1 Å². The molecule has 3 rings (SSSR count). The zero-order chi connectivity index (χ0) is 11.7. The van der Waals surface area contributed by atoms with Crippen LogP contribution in [0.15, 0.2) is 24.3 Å². The van der Waals surface area contributed by atoms with Gasteiger partial charge in [0.1, 0.15) is 11.4 Å². The molecule has 92 valence electrons. The largest absolute Gasteiger partial charge is 0.487 e. The standard InChI is InChI=1S/C15H21NO/c16-13-11-15(9-5-1-2-6-10-15)17-14-8-4-3-7-12(13)14/h3-4,7-8,13H,1-2,5-6,9-11,16H2. The fourth-order valence-electron chi connectivity index (χ4n) is 3.34. The summed E-state index contributed by atoms with van der Waals surface area (Å²) in [5.74, 6) is 1.02. The summed E-state index contributed by atoms with van der Waals surface area (Å²) >= 11 is 0. The van der Waals surface area contributed by atoms with Gasteiger partial charge in [0.15, 0.2) is 0 Å². The molecular formula is C15H21NO. The van der Waals surface area contributed by atoms with E-state index in [1.54, 1.807) is 0 Å². The van der Waals surface area contributed by atoms with Gasteiger partial charge in [0.05, 0.1) is 0 Å². The van der Waals surface area contributed by atoms with Crippen LogP contribution in [0.4, 0.5) is 0 Å². The summed E-state index contributed by atoms with van der Waals surface area (Å²) < 4.78 is 6.33. The summed E-state index contributed by atoms with van der Waals surface area (Å²) in [7, 11) is 0. The lowest BCUT2D eigenvalue weighted by molar-refractivity contribution is 0.0213. The predicted molar refractivity (Wildman–Crippen MR) is 69.0 cm³/mol. The average Bonchev–Trinajstić information content (AvgIpc) is 2.55. The summed E-state index contributed by atoms with van der Waals surface area (Å²) in [5.41, 5.74) is 7.54. The number of rotatable bonds is 0. The summed E-state index contributed by atoms with van der Waals surface area (Å²) in [4.78, 5) is 0. The molecule has 17 heavy (non-hydrogen) atoms. The monoisotopic (exact) mass is 231 g/mol. The van der Waals surface area contributed by atoms with Crippen molar-refractivity contribution in [2.75, 3.05) is 0 Å². The SMILES string of the molecule is NC1CC2(CCCCCC2)Oc2ccccc21. The van der Waals surface area contributed by atoms with E-state index >= 15 is 0 Å². The van der Waals surface area contributed by atoms with Gasteiger partial charge in [-0.2, -0.15) is 0 Å². The molecule has 0 bridgehead atoms. The van der Waals surface area contributed by atoms with E-state index in [2.05, 4.69) is 12.1 Å². The van der Waals surface area contributed by atoms with Crippen LogP contribution in [0.5, 0.6) is 5.75 Å². The molecule has 1 aromatic rings. The second-order valence-corrected chi connectivity index (χ2v) is 5.55. The molecule has 1 heterocycles. The number of fused-ring (bicyclic) bond motifs is 1. The normalized spacial score (nSPS) is 27.0. The zero-order valence-electron chi connectivity index (χ0n) is 10.3. The van der Waals surface area contributed by atoms with Crippen LogP contribution in [0.2, 0.25) is 0 Å². The molecule has 1 aliphatic carbocycles. The molecule has 1 spiro atoms. The van der Waals surface area contributed by atoms with Crippen molar-refractivity contribution in [3.8, 4) is 5.75 Å². The van der Waals surface area contributed by atoms with Gasteiger partial charge in [-0.25, -0.2) is 0 Å². The number of ether oxygens (including phenoxy) is 1. The van der Waals surface area contributed by atoms with Crippen LogP contribution in [0, 0.1) is 0 Å². The van der Waals surface area contributed by atoms with Crippen LogP contribution in [0.1, 0.15) is 56.6 Å². The molecular weight excluding hydrogens is 210 g/mol. The van der Waals surface area contributed by atoms with Crippen molar-refractivity contribution in [1.82, 2.24) is 0 Å². The molecule has 1 saturated carbocycles. The van der Waals surface area contributed by atoms with Crippen LogP contribution in [-0.4, -0.2) is 5.60 Å². The highest BCUT2D eigenvalue weighted by Crippen LogP contribution is 2.44. The van der Waals surface area contributed by atoms with Crippen molar-refractivity contribution in [2.24, 2.45) is 5.73 Å². The summed E-state index contributed by atoms with van der Waals surface area (Å²) in [6.07, 6.45) is 8.61. The third kappa shape index (κ3) is 2.06. The Morgan fingerprint density at radius 2 is 1.76 bits per heavy atom. The van der Waals surface area contributed by atoms with E-state index < -0.39 is 0 Å². The van der Waals surface area contributed by atoms with Gasteiger partial charge >= 0.3 is 0 Å². The quantitative estimate of drug-likeness (QED) is 0.741. The van der Waals surface area contributed by atoms with Crippen molar-refractivity contribution in [3.05, 3.63) is 29.8 Å². The number of nitrogens with two attached hydrogens (primary N) is 1. The first-order valence-electron chi connectivity index (χ1n) is 6.83. The average molecular weight is 231 g/mol. The Morgan fingerprint density at radius 1 is 1.06 bits per heavy atom. The Hall–Kier alpha value is -1.02. The predicted octanol–water partition coefficient (Wildman–Crippen LogP) is 3.56. The maximum absolute atomic E-state index is 6.33. The lowest BCUT2D eigenvalue weighted by Gasteiger charge is -2.41. The second-order valence-electron chi connectivity index (χ2n) is 5.55. The summed E-state index contributed by atoms with van der Waals surface area (Å²) in [5, 5.41) is 0. The molecule has 0 amide bonds. The van der Waals surface area contributed by atoms with Gasteiger partial charge in [-0.1, -0.05) is 31.0 Å². The molecule has 0 aromatic heterocycles. The molecule has 1 aliphatic heterocycles. The molecule has 2 heteroatoms. The second kappa shape index (κ2) is 4.34. The molecule has 2 nitrogen and oxygen atoms in total. The lowest BCUT2D eigenvalue weighted by atomic mass is 9.82. The van der Waals surface area contributed by atoms with Gasteiger partial charge in [0, 0.05) is 18.0 Å². The molecule has 0 saturated heterocycles. The van der Waals surface area contributed by atoms with E-state index in [9.17, 15) is 0 Å². The van der Waals surface area contributed by atoms with Crippen LogP contribution in [0.25, 0.3) is 0 Å². The first-order chi connectivity index (χ1) is 8.29. The highest BCUT2D eigenvalue weighted by molar-refractivity contribution is 5.38. The van der Waals surface area contributed by atoms with Gasteiger partial charge < -0.3 is 10.5 Å². The number of hydrogen-bond acceptors (Lipinski definition) is 2. The molecule has 1 fully saturated rings. The van der Waals surface area contributed by atoms with Crippen molar-refractivity contribution < 1.29 is 4.74 Å². The van der Waals surface area contributed by atoms with Crippen LogP contribution in [0.3, 0.4) is 0 Å². The first-order valence-corrected chi connectivity index (χ1v) is 6.83. The Labute approximate surface area is 103 Å². The number of hydrogen-bond donors (Lipinski definition) is 1. The van der Waals surface area contributed by atoms with Crippen LogP contribution >= 0.6 is 0 Å². The van der Waals surface area contributed by atoms with Crippen molar-refractivity contribution in [1.29, 1.82) is 0 Å². The minimum absolute atomic E-state index is 0.0320. The maximum atomic E-state index is 6.33. The maximum Gasteiger partial charge on any atom is 0.124 e. The fraction of sp³-hybridized carbons (Fsp3) is 0.600. The molecule has 1 unspecified atom stereocenters. The molecule has 1 aromatic carbocycles. The molecule has 0 radical (unpaired) electrons. The minimum atomic E-state index is 0.0320. The lowest BCUT2D eigenvalue weighted by Crippen LogP contribution is -2.42. The molecule has 2 aliphatic rings. The van der Waals surface area contributed by atoms with E-state index in [-0.39, 0.29) is 11.6 Å². The van der Waals surface area contributed by atoms with E-state index in [1.807, 2.05) is 12.1 Å². The van der Waals surface area contributed by atoms with E-state index in [0.29, 0.717) is 0 Å². The molecule has 1 atom stereocenters. The molecule has 2 N–H and O–H groups in total. The minimum Gasteiger partial charge on any atom is -0.487 e. The smallest absolute Gasteiger partial charge is 0.124 e. The number of benzene rings is 1. The van der Waals surface area contributed by atoms with Gasteiger partial charge in [-0.3, -0.25) is 0 Å². The summed E-state index contributed by atoms with van der Waals surface area (Å²) in [6, 6.07) is 8.41. The topological polar surface area (TPSA) is 35.2 Å². The zero-order valence-corrected chi connectivity index (χ0v) is 10.3. The van der Waals surface area contributed by atoms with Crippen LogP contribution in [-0.2, 0) is 0 Å². The number of para-hydroxylation sites is 1. The van der Waals surface area contributed by atoms with Gasteiger partial charge in [-0.05, 0) is 31.7 Å². The van der Waals surface area contributed by atoms with Crippen molar-refractivity contribution >= 4 is 0 Å². The Bertz CT molecular complexity index is 394. The van der Waals surface area contributed by atoms with Crippen LogP contribution < -0.4 is 10.5 Å². The van der Waals surface area contributed by atoms with Gasteiger partial charge in [0.25, 0.3) is 0 Å². The third-order valence-corrected chi connectivity index (χ3v) is 4.25. The van der Waals surface area contributed by atoms with Crippen molar-refractivity contribution in [2.45, 2.75) is 56.6 Å². The summed E-state index contributed by atoms with van der Waals surface area (Å²) in [6.45, 7) is 0. The Morgan fingerprint density at radius 3 is 2.53 bits per heavy atom. The third-order valence-electron chi connectivity index (χ3n) is 4.25. The van der Waals surface area contributed by atoms with E-state index in [4.69, 9.17) is 10.5 Å². The first kappa shape index (κ1) is 11.1. The van der Waals surface area contributed by atoms with Crippen molar-refractivity contribution in [3.63, 3.8) is 0 Å². The Balaban J connectivity index is 1.91. The fourth-order valence-corrected chi connectivity index (χ4v) is 3.34. The van der Waals surface area contributed by atoms with E-state index in [0.717, 1.165) is 12.2 Å². The highest BCUT2D eigenvalue weighted by atomic mass is 16.5. The van der Waals surface area contributed by atoms with Gasteiger partial charge in [0.2, 0.25) is 0 Å². The highest BCUT2D eigenvalue weighted by Gasteiger charge is 2.39.